The van der Waals surface area contributed by atoms with Crippen LogP contribution in [0.5, 0.6) is 0 Å². The molecule has 0 N–H and O–H groups in total. The zero-order valence-corrected chi connectivity index (χ0v) is 10.6. The van der Waals surface area contributed by atoms with Gasteiger partial charge in [-0.2, -0.15) is 0 Å². The Morgan fingerprint density at radius 1 is 1.00 bits per heavy atom. The lowest BCUT2D eigenvalue weighted by Gasteiger charge is -2.08. The molecule has 1 aliphatic heterocycles. The summed E-state index contributed by atoms with van der Waals surface area (Å²) in [6, 6.07) is 8.63. The highest BCUT2D eigenvalue weighted by Gasteiger charge is 2.21. The molecule has 1 aromatic carbocycles. The maximum Gasteiger partial charge on any atom is 0.0497 e. The van der Waals surface area contributed by atoms with E-state index in [1.54, 1.807) is 0 Å². The topological polar surface area (TPSA) is 0 Å². The van der Waals surface area contributed by atoms with Gasteiger partial charge in [0.15, 0.2) is 0 Å². The van der Waals surface area contributed by atoms with Gasteiger partial charge in [0.25, 0.3) is 0 Å². The molecule has 1 aliphatic carbocycles. The number of allylic oxidation sites excluding steroid dienone is 5. The number of hydrogen-bond donors (Lipinski definition) is 0. The smallest absolute Gasteiger partial charge is 0.0497 e. The van der Waals surface area contributed by atoms with Crippen molar-refractivity contribution in [1.82, 2.24) is 0 Å². The number of rotatable bonds is 1. The van der Waals surface area contributed by atoms with Gasteiger partial charge < -0.3 is 0 Å². The number of hydrogen-bond acceptors (Lipinski definition) is 2. The molecule has 80 valence electrons. The first-order valence-corrected chi connectivity index (χ1v) is 6.98. The Morgan fingerprint density at radius 3 is 2.12 bits per heavy atom. The zero-order chi connectivity index (χ0) is 11.0. The van der Waals surface area contributed by atoms with Crippen LogP contribution in [-0.4, -0.2) is 0 Å². The zero-order valence-electron chi connectivity index (χ0n) is 9.01. The second-order valence-electron chi connectivity index (χ2n) is 3.92. The average molecular weight is 244 g/mol. The van der Waals surface area contributed by atoms with Crippen molar-refractivity contribution in [1.29, 1.82) is 0 Å². The van der Waals surface area contributed by atoms with Crippen LogP contribution in [0, 0.1) is 5.92 Å². The molecular formula is C14H12S2. The van der Waals surface area contributed by atoms with Crippen molar-refractivity contribution in [2.24, 2.45) is 5.92 Å². The lowest BCUT2D eigenvalue weighted by Crippen LogP contribution is -1.92. The first kappa shape index (κ1) is 10.3. The molecule has 0 saturated carbocycles. The molecule has 2 heteroatoms. The summed E-state index contributed by atoms with van der Waals surface area (Å²) in [5, 5.41) is 0. The third kappa shape index (κ3) is 1.76. The average Bonchev–Trinajstić information content (AvgIpc) is 2.97. The van der Waals surface area contributed by atoms with E-state index >= 15 is 0 Å². The van der Waals surface area contributed by atoms with Gasteiger partial charge >= 0.3 is 0 Å². The van der Waals surface area contributed by atoms with Crippen molar-refractivity contribution < 1.29 is 0 Å². The summed E-state index contributed by atoms with van der Waals surface area (Å²) in [7, 11) is 0. The lowest BCUT2D eigenvalue weighted by atomic mass is 10.1. The molecular weight excluding hydrogens is 232 g/mol. The minimum Gasteiger partial charge on any atom is -0.0816 e. The largest absolute Gasteiger partial charge is 0.0816 e. The summed E-state index contributed by atoms with van der Waals surface area (Å²) < 4.78 is 1.45. The predicted octanol–water partition coefficient (Wildman–Crippen LogP) is 4.86. The van der Waals surface area contributed by atoms with Crippen LogP contribution in [0.3, 0.4) is 0 Å². The van der Waals surface area contributed by atoms with Gasteiger partial charge in [0.05, 0.1) is 0 Å². The fraction of sp³-hybridized carbons (Fsp3) is 0.143. The molecule has 0 atom stereocenters. The van der Waals surface area contributed by atoms with Gasteiger partial charge in [-0.3, -0.25) is 0 Å². The van der Waals surface area contributed by atoms with Gasteiger partial charge in [0, 0.05) is 19.9 Å². The molecule has 1 aromatic rings. The molecule has 0 amide bonds. The maximum absolute atomic E-state index is 2.26. The van der Waals surface area contributed by atoms with E-state index < -0.39 is 0 Å². The van der Waals surface area contributed by atoms with Gasteiger partial charge in [0.1, 0.15) is 0 Å². The molecule has 1 heterocycles. The molecule has 0 unspecified atom stereocenters. The monoisotopic (exact) mass is 244 g/mol. The van der Waals surface area contributed by atoms with Crippen LogP contribution in [-0.2, 0) is 0 Å². The van der Waals surface area contributed by atoms with Gasteiger partial charge in [0.2, 0.25) is 0 Å². The van der Waals surface area contributed by atoms with E-state index in [0.717, 1.165) is 0 Å². The van der Waals surface area contributed by atoms with E-state index in [-0.39, 0.29) is 0 Å². The summed E-state index contributed by atoms with van der Waals surface area (Å²) in [4.78, 5) is 2.79. The highest BCUT2D eigenvalue weighted by molar-refractivity contribution is 8.24. The first-order chi connectivity index (χ1) is 7.84. The van der Waals surface area contributed by atoms with Crippen molar-refractivity contribution in [2.75, 3.05) is 0 Å². The number of fused-ring (bicyclic) bond motifs is 1. The van der Waals surface area contributed by atoms with Crippen molar-refractivity contribution in [3.8, 4) is 0 Å². The Hall–Kier alpha value is -0.860. The van der Waals surface area contributed by atoms with Crippen LogP contribution in [0.1, 0.15) is 6.92 Å². The van der Waals surface area contributed by atoms with E-state index in [4.69, 9.17) is 0 Å². The molecule has 0 fully saturated rings. The quantitative estimate of drug-likeness (QED) is 0.692. The molecule has 16 heavy (non-hydrogen) atoms. The van der Waals surface area contributed by atoms with E-state index in [1.807, 2.05) is 23.5 Å². The summed E-state index contributed by atoms with van der Waals surface area (Å²) in [5.74, 6) is 0.504. The summed E-state index contributed by atoms with van der Waals surface area (Å²) in [6.45, 7) is 2.24. The van der Waals surface area contributed by atoms with E-state index in [0.29, 0.717) is 5.92 Å². The van der Waals surface area contributed by atoms with Crippen LogP contribution in [0.2, 0.25) is 0 Å². The number of benzene rings is 1. The molecule has 0 aromatic heterocycles. The van der Waals surface area contributed by atoms with Crippen LogP contribution in [0.4, 0.5) is 0 Å². The molecule has 0 saturated heterocycles. The lowest BCUT2D eigenvalue weighted by molar-refractivity contribution is 0.986. The fourth-order valence-corrected chi connectivity index (χ4v) is 4.44. The molecule has 0 nitrogen and oxygen atoms in total. The first-order valence-electron chi connectivity index (χ1n) is 5.35. The molecule has 3 rings (SSSR count). The third-order valence-electron chi connectivity index (χ3n) is 2.82. The maximum atomic E-state index is 2.26. The molecule has 0 spiro atoms. The minimum atomic E-state index is 0.504. The van der Waals surface area contributed by atoms with E-state index in [2.05, 4.69) is 55.5 Å². The number of thioether (sulfide) groups is 2. The second-order valence-corrected chi connectivity index (χ2v) is 6.28. The van der Waals surface area contributed by atoms with Gasteiger partial charge in [-0.15, -0.1) is 0 Å². The molecule has 0 radical (unpaired) electrons. The van der Waals surface area contributed by atoms with Crippen LogP contribution < -0.4 is 0 Å². The predicted molar refractivity (Wildman–Crippen MR) is 72.6 cm³/mol. The van der Waals surface area contributed by atoms with Crippen LogP contribution in [0.15, 0.2) is 68.2 Å². The Kier molecular flexibility index (Phi) is 2.70. The van der Waals surface area contributed by atoms with Crippen molar-refractivity contribution in [2.45, 2.75) is 16.7 Å². The van der Waals surface area contributed by atoms with E-state index in [9.17, 15) is 0 Å². The SMILES string of the molecule is CC(=C1Sc2ccccc2S1)C1C=CC=C1. The highest BCUT2D eigenvalue weighted by atomic mass is 32.2. The highest BCUT2D eigenvalue weighted by Crippen LogP contribution is 2.53. The van der Waals surface area contributed by atoms with Crippen molar-refractivity contribution in [3.63, 3.8) is 0 Å². The molecule has 2 aliphatic rings. The van der Waals surface area contributed by atoms with Crippen LogP contribution >= 0.6 is 23.5 Å². The van der Waals surface area contributed by atoms with Crippen LogP contribution in [0.25, 0.3) is 0 Å². The Balaban J connectivity index is 1.92. The fourth-order valence-electron chi connectivity index (χ4n) is 1.86. The van der Waals surface area contributed by atoms with E-state index in [1.165, 1.54) is 19.6 Å². The summed E-state index contributed by atoms with van der Waals surface area (Å²) in [6.07, 6.45) is 8.77. The molecule has 0 bridgehead atoms. The van der Waals surface area contributed by atoms with Gasteiger partial charge in [-0.1, -0.05) is 60.0 Å². The summed E-state index contributed by atoms with van der Waals surface area (Å²) >= 11 is 3.81. The van der Waals surface area contributed by atoms with Crippen molar-refractivity contribution >= 4 is 23.5 Å². The second kappa shape index (κ2) is 4.19. The summed E-state index contributed by atoms with van der Waals surface area (Å²) in [5.41, 5.74) is 1.47. The minimum absolute atomic E-state index is 0.504. The Bertz CT molecular complexity index is 470. The van der Waals surface area contributed by atoms with Gasteiger partial charge in [-0.05, 0) is 24.6 Å². The normalized spacial score (nSPS) is 18.2. The Labute approximate surface area is 105 Å². The Morgan fingerprint density at radius 2 is 1.56 bits per heavy atom. The standard InChI is InChI=1S/C14H12S2/c1-10(11-6-2-3-7-11)14-15-12-8-4-5-9-13(12)16-14/h2-9,11H,1H3. The third-order valence-corrected chi connectivity index (χ3v) is 5.62. The van der Waals surface area contributed by atoms with Crippen molar-refractivity contribution in [3.05, 3.63) is 58.4 Å². The van der Waals surface area contributed by atoms with Gasteiger partial charge in [-0.25, -0.2) is 0 Å².